The lowest BCUT2D eigenvalue weighted by molar-refractivity contribution is -0.133. The molecule has 0 spiro atoms. The van der Waals surface area contributed by atoms with Crippen molar-refractivity contribution in [2.45, 2.75) is 10.9 Å². The molecule has 0 saturated carbocycles. The fourth-order valence-corrected chi connectivity index (χ4v) is 2.95. The topological polar surface area (TPSA) is 84.3 Å². The lowest BCUT2D eigenvalue weighted by Gasteiger charge is -2.07. The molecule has 0 fully saturated rings. The van der Waals surface area contributed by atoms with Crippen LogP contribution in [-0.2, 0) is 11.3 Å². The molecule has 0 amide bonds. The highest BCUT2D eigenvalue weighted by Crippen LogP contribution is 2.26. The van der Waals surface area contributed by atoms with E-state index in [1.807, 2.05) is 24.3 Å². The molecule has 0 radical (unpaired) electrons. The number of nitrogens with zero attached hydrogens (tertiary/aromatic N) is 2. The minimum atomic E-state index is -0.867. The molecule has 2 aromatic rings. The molecule has 8 heteroatoms. The van der Waals surface area contributed by atoms with Gasteiger partial charge in [-0.25, -0.2) is 0 Å². The third-order valence-corrected chi connectivity index (χ3v) is 4.35. The predicted molar refractivity (Wildman–Crippen MR) is 78.6 cm³/mol. The van der Waals surface area contributed by atoms with E-state index >= 15 is 0 Å². The first-order valence-electron chi connectivity index (χ1n) is 5.73. The largest absolute Gasteiger partial charge is 0.496 e. The summed E-state index contributed by atoms with van der Waals surface area (Å²) in [6.07, 6.45) is 0. The third kappa shape index (κ3) is 4.10. The van der Waals surface area contributed by atoms with Crippen LogP contribution in [0.3, 0.4) is 0 Å². The van der Waals surface area contributed by atoms with Crippen LogP contribution in [0.25, 0.3) is 0 Å². The Labute approximate surface area is 124 Å². The second-order valence-corrected chi connectivity index (χ2v) is 5.92. The second-order valence-electron chi connectivity index (χ2n) is 3.72. The summed E-state index contributed by atoms with van der Waals surface area (Å²) in [6, 6.07) is 7.71. The van der Waals surface area contributed by atoms with Crippen molar-refractivity contribution in [1.29, 1.82) is 0 Å². The van der Waals surface area contributed by atoms with Crippen LogP contribution in [0.1, 0.15) is 5.56 Å². The van der Waals surface area contributed by atoms with Gasteiger partial charge < -0.3 is 15.2 Å². The predicted octanol–water partition coefficient (Wildman–Crippen LogP) is 2.34. The van der Waals surface area contributed by atoms with Crippen molar-refractivity contribution in [3.05, 3.63) is 29.8 Å². The van der Waals surface area contributed by atoms with E-state index in [9.17, 15) is 4.79 Å². The van der Waals surface area contributed by atoms with E-state index < -0.39 is 5.97 Å². The molecule has 2 rings (SSSR count). The van der Waals surface area contributed by atoms with E-state index in [4.69, 9.17) is 9.84 Å². The molecule has 20 heavy (non-hydrogen) atoms. The number of aromatic nitrogens is 2. The molecule has 0 aliphatic carbocycles. The maximum atomic E-state index is 10.5. The van der Waals surface area contributed by atoms with E-state index in [2.05, 4.69) is 15.5 Å². The van der Waals surface area contributed by atoms with Gasteiger partial charge in [-0.1, -0.05) is 41.3 Å². The highest BCUT2D eigenvalue weighted by molar-refractivity contribution is 8.01. The summed E-state index contributed by atoms with van der Waals surface area (Å²) in [4.78, 5) is 10.5. The fourth-order valence-electron chi connectivity index (χ4n) is 1.48. The van der Waals surface area contributed by atoms with E-state index in [1.165, 1.54) is 11.3 Å². The number of hydrogen-bond donors (Lipinski definition) is 2. The molecule has 2 N–H and O–H groups in total. The number of ether oxygens (including phenoxy) is 1. The number of rotatable bonds is 7. The van der Waals surface area contributed by atoms with Crippen LogP contribution in [0.5, 0.6) is 5.75 Å². The number of benzene rings is 1. The van der Waals surface area contributed by atoms with Crippen LogP contribution in [0.4, 0.5) is 5.13 Å². The van der Waals surface area contributed by atoms with Crippen LogP contribution in [0.2, 0.25) is 0 Å². The maximum Gasteiger partial charge on any atom is 0.313 e. The molecule has 1 aromatic carbocycles. The summed E-state index contributed by atoms with van der Waals surface area (Å²) in [7, 11) is 1.63. The number of para-hydroxylation sites is 1. The number of methoxy groups -OCH3 is 1. The number of anilines is 1. The normalized spacial score (nSPS) is 10.2. The molecule has 0 saturated heterocycles. The average Bonchev–Trinajstić information content (AvgIpc) is 2.91. The van der Waals surface area contributed by atoms with E-state index in [1.54, 1.807) is 7.11 Å². The summed E-state index contributed by atoms with van der Waals surface area (Å²) >= 11 is 2.49. The number of thioether (sulfide) groups is 1. The van der Waals surface area contributed by atoms with Crippen molar-refractivity contribution < 1.29 is 14.6 Å². The summed E-state index contributed by atoms with van der Waals surface area (Å²) in [5, 5.41) is 20.3. The second kappa shape index (κ2) is 7.11. The zero-order valence-corrected chi connectivity index (χ0v) is 12.3. The molecular weight excluding hydrogens is 298 g/mol. The van der Waals surface area contributed by atoms with Gasteiger partial charge >= 0.3 is 5.97 Å². The first-order valence-corrected chi connectivity index (χ1v) is 7.53. The Kier molecular flexibility index (Phi) is 5.19. The summed E-state index contributed by atoms with van der Waals surface area (Å²) in [6.45, 7) is 0.572. The Bertz CT molecular complexity index is 589. The molecule has 0 unspecified atom stereocenters. The van der Waals surface area contributed by atoms with Gasteiger partial charge in [0.15, 0.2) is 4.34 Å². The Morgan fingerprint density at radius 3 is 3.00 bits per heavy atom. The number of hydrogen-bond acceptors (Lipinski definition) is 7. The van der Waals surface area contributed by atoms with Gasteiger partial charge in [0, 0.05) is 12.1 Å². The maximum absolute atomic E-state index is 10.5. The highest BCUT2D eigenvalue weighted by atomic mass is 32.2. The SMILES string of the molecule is COc1ccccc1CNc1nnc(SCC(=O)O)s1. The number of carboxylic acid groups (broad SMARTS) is 1. The van der Waals surface area contributed by atoms with Crippen molar-refractivity contribution >= 4 is 34.2 Å². The number of carbonyl (C=O) groups is 1. The molecule has 1 heterocycles. The number of aliphatic carboxylic acids is 1. The Morgan fingerprint density at radius 1 is 1.45 bits per heavy atom. The van der Waals surface area contributed by atoms with E-state index in [0.29, 0.717) is 16.0 Å². The minimum Gasteiger partial charge on any atom is -0.496 e. The van der Waals surface area contributed by atoms with Crippen LogP contribution < -0.4 is 10.1 Å². The van der Waals surface area contributed by atoms with Crippen LogP contribution in [0.15, 0.2) is 28.6 Å². The van der Waals surface area contributed by atoms with Crippen LogP contribution >= 0.6 is 23.1 Å². The van der Waals surface area contributed by atoms with Gasteiger partial charge in [-0.2, -0.15) is 0 Å². The standard InChI is InChI=1S/C12H13N3O3S2/c1-18-9-5-3-2-4-8(9)6-13-11-14-15-12(20-11)19-7-10(16)17/h2-5H,6-7H2,1H3,(H,13,14)(H,16,17). The Hall–Kier alpha value is -1.80. The average molecular weight is 311 g/mol. The van der Waals surface area contributed by atoms with Crippen LogP contribution in [0, 0.1) is 0 Å². The first-order chi connectivity index (χ1) is 9.69. The van der Waals surface area contributed by atoms with Gasteiger partial charge in [0.25, 0.3) is 0 Å². The monoisotopic (exact) mass is 311 g/mol. The molecule has 106 valence electrons. The third-order valence-electron chi connectivity index (χ3n) is 2.35. The zero-order valence-electron chi connectivity index (χ0n) is 10.7. The van der Waals surface area contributed by atoms with Gasteiger partial charge in [-0.3, -0.25) is 4.79 Å². The van der Waals surface area contributed by atoms with Crippen molar-refractivity contribution in [3.63, 3.8) is 0 Å². The van der Waals surface area contributed by atoms with E-state index in [-0.39, 0.29) is 5.75 Å². The molecule has 0 aliphatic heterocycles. The van der Waals surface area contributed by atoms with Crippen molar-refractivity contribution in [1.82, 2.24) is 10.2 Å². The summed E-state index contributed by atoms with van der Waals surface area (Å²) in [5.41, 5.74) is 1.02. The Morgan fingerprint density at radius 2 is 2.25 bits per heavy atom. The number of carboxylic acids is 1. The molecular formula is C12H13N3O3S2. The Balaban J connectivity index is 1.92. The van der Waals surface area contributed by atoms with E-state index in [0.717, 1.165) is 23.1 Å². The summed E-state index contributed by atoms with van der Waals surface area (Å²) < 4.78 is 5.90. The molecule has 0 bridgehead atoms. The molecule has 0 aliphatic rings. The van der Waals surface area contributed by atoms with Gasteiger partial charge in [-0.05, 0) is 6.07 Å². The van der Waals surface area contributed by atoms with Gasteiger partial charge in [0.05, 0.1) is 12.9 Å². The zero-order chi connectivity index (χ0) is 14.4. The molecule has 6 nitrogen and oxygen atoms in total. The highest BCUT2D eigenvalue weighted by Gasteiger charge is 2.08. The van der Waals surface area contributed by atoms with Crippen LogP contribution in [-0.4, -0.2) is 34.1 Å². The molecule has 1 aromatic heterocycles. The van der Waals surface area contributed by atoms with Gasteiger partial charge in [-0.15, -0.1) is 10.2 Å². The first kappa shape index (κ1) is 14.6. The smallest absolute Gasteiger partial charge is 0.313 e. The fraction of sp³-hybridized carbons (Fsp3) is 0.250. The lowest BCUT2D eigenvalue weighted by atomic mass is 10.2. The number of nitrogens with one attached hydrogen (secondary N) is 1. The summed E-state index contributed by atoms with van der Waals surface area (Å²) in [5.74, 6) is -0.0695. The van der Waals surface area contributed by atoms with Gasteiger partial charge in [0.1, 0.15) is 5.75 Å². The minimum absolute atomic E-state index is 0.0128. The van der Waals surface area contributed by atoms with Crippen molar-refractivity contribution in [3.8, 4) is 5.75 Å². The molecule has 0 atom stereocenters. The quantitative estimate of drug-likeness (QED) is 0.759. The van der Waals surface area contributed by atoms with Gasteiger partial charge in [0.2, 0.25) is 5.13 Å². The lowest BCUT2D eigenvalue weighted by Crippen LogP contribution is -2.01. The van der Waals surface area contributed by atoms with Crippen molar-refractivity contribution in [2.75, 3.05) is 18.2 Å². The van der Waals surface area contributed by atoms with Crippen molar-refractivity contribution in [2.24, 2.45) is 0 Å².